The number of rotatable bonds is 4. The first-order chi connectivity index (χ1) is 6.61. The van der Waals surface area contributed by atoms with E-state index in [4.69, 9.17) is 0 Å². The van der Waals surface area contributed by atoms with Crippen LogP contribution in [0.25, 0.3) is 0 Å². The number of hydrogen-bond donors (Lipinski definition) is 1. The molecule has 3 heteroatoms. The molecule has 0 radical (unpaired) electrons. The molecule has 0 saturated heterocycles. The van der Waals surface area contributed by atoms with E-state index < -0.39 is 0 Å². The molecule has 0 aliphatic rings. The molecule has 0 spiro atoms. The Morgan fingerprint density at radius 3 is 2.43 bits per heavy atom. The van der Waals surface area contributed by atoms with Crippen LogP contribution in [0.3, 0.4) is 0 Å². The second-order valence-electron chi connectivity index (χ2n) is 4.09. The number of hydrogen-bond acceptors (Lipinski definition) is 3. The first kappa shape index (κ1) is 11.0. The van der Waals surface area contributed by atoms with Gasteiger partial charge >= 0.3 is 0 Å². The third-order valence-corrected chi connectivity index (χ3v) is 2.61. The largest absolute Gasteiger partial charge is 0.368 e. The average Bonchev–Trinajstić information content (AvgIpc) is 2.16. The molecule has 78 valence electrons. The molecule has 0 amide bonds. The van der Waals surface area contributed by atoms with Crippen LogP contribution in [0.4, 0.5) is 5.82 Å². The SMILES string of the molecule is Cc1nccnc1NCC(C)C(C)C. The van der Waals surface area contributed by atoms with Crippen LogP contribution in [-0.2, 0) is 0 Å². The Balaban J connectivity index is 2.50. The van der Waals surface area contributed by atoms with Gasteiger partial charge in [-0.3, -0.25) is 4.98 Å². The highest BCUT2D eigenvalue weighted by molar-refractivity contribution is 5.38. The van der Waals surface area contributed by atoms with Crippen molar-refractivity contribution in [1.29, 1.82) is 0 Å². The monoisotopic (exact) mass is 193 g/mol. The Kier molecular flexibility index (Phi) is 3.86. The van der Waals surface area contributed by atoms with Crippen LogP contribution in [-0.4, -0.2) is 16.5 Å². The van der Waals surface area contributed by atoms with Crippen molar-refractivity contribution in [2.45, 2.75) is 27.7 Å². The zero-order valence-electron chi connectivity index (χ0n) is 9.41. The molecule has 1 aromatic heterocycles. The molecule has 0 aliphatic carbocycles. The van der Waals surface area contributed by atoms with Gasteiger partial charge in [0.2, 0.25) is 0 Å². The second-order valence-corrected chi connectivity index (χ2v) is 4.09. The molecule has 1 heterocycles. The highest BCUT2D eigenvalue weighted by Gasteiger charge is 2.07. The lowest BCUT2D eigenvalue weighted by atomic mass is 9.98. The third kappa shape index (κ3) is 2.98. The van der Waals surface area contributed by atoms with Gasteiger partial charge in [-0.2, -0.15) is 0 Å². The summed E-state index contributed by atoms with van der Waals surface area (Å²) in [7, 11) is 0. The van der Waals surface area contributed by atoms with Crippen molar-refractivity contribution in [1.82, 2.24) is 9.97 Å². The van der Waals surface area contributed by atoms with Gasteiger partial charge in [0.1, 0.15) is 5.82 Å². The van der Waals surface area contributed by atoms with Crippen molar-refractivity contribution in [3.8, 4) is 0 Å². The number of aryl methyl sites for hydroxylation is 1. The van der Waals surface area contributed by atoms with Gasteiger partial charge in [-0.05, 0) is 18.8 Å². The Morgan fingerprint density at radius 1 is 1.21 bits per heavy atom. The van der Waals surface area contributed by atoms with Crippen molar-refractivity contribution in [3.05, 3.63) is 18.1 Å². The van der Waals surface area contributed by atoms with E-state index in [9.17, 15) is 0 Å². The molecule has 0 bridgehead atoms. The van der Waals surface area contributed by atoms with E-state index in [1.54, 1.807) is 12.4 Å². The van der Waals surface area contributed by atoms with Crippen LogP contribution in [0.5, 0.6) is 0 Å². The maximum Gasteiger partial charge on any atom is 0.147 e. The minimum absolute atomic E-state index is 0.649. The molecule has 3 nitrogen and oxygen atoms in total. The second kappa shape index (κ2) is 4.94. The highest BCUT2D eigenvalue weighted by Crippen LogP contribution is 2.12. The van der Waals surface area contributed by atoms with Gasteiger partial charge in [-0.25, -0.2) is 4.98 Å². The molecule has 1 aromatic rings. The van der Waals surface area contributed by atoms with Crippen molar-refractivity contribution in [3.63, 3.8) is 0 Å². The number of anilines is 1. The molecule has 0 aromatic carbocycles. The summed E-state index contributed by atoms with van der Waals surface area (Å²) in [5.74, 6) is 2.25. The topological polar surface area (TPSA) is 37.8 Å². The maximum atomic E-state index is 4.24. The normalized spacial score (nSPS) is 12.9. The lowest BCUT2D eigenvalue weighted by molar-refractivity contribution is 0.439. The standard InChI is InChI=1S/C11H19N3/c1-8(2)9(3)7-14-11-10(4)12-5-6-13-11/h5-6,8-9H,7H2,1-4H3,(H,13,14). The molecular formula is C11H19N3. The van der Waals surface area contributed by atoms with E-state index in [2.05, 4.69) is 36.1 Å². The number of nitrogens with one attached hydrogen (secondary N) is 1. The molecule has 0 saturated carbocycles. The smallest absolute Gasteiger partial charge is 0.147 e. The first-order valence-electron chi connectivity index (χ1n) is 5.12. The fourth-order valence-corrected chi connectivity index (χ4v) is 1.07. The number of aromatic nitrogens is 2. The molecule has 1 atom stereocenters. The fourth-order valence-electron chi connectivity index (χ4n) is 1.07. The summed E-state index contributed by atoms with van der Waals surface area (Å²) in [6.07, 6.45) is 3.43. The summed E-state index contributed by atoms with van der Waals surface area (Å²) in [5, 5.41) is 3.32. The summed E-state index contributed by atoms with van der Waals surface area (Å²) in [6, 6.07) is 0. The van der Waals surface area contributed by atoms with Crippen molar-refractivity contribution < 1.29 is 0 Å². The van der Waals surface area contributed by atoms with Gasteiger partial charge < -0.3 is 5.32 Å². The predicted octanol–water partition coefficient (Wildman–Crippen LogP) is 2.49. The van der Waals surface area contributed by atoms with Crippen molar-refractivity contribution in [2.24, 2.45) is 11.8 Å². The van der Waals surface area contributed by atoms with E-state index in [1.165, 1.54) is 0 Å². The number of nitrogens with zero attached hydrogens (tertiary/aromatic N) is 2. The van der Waals surface area contributed by atoms with Gasteiger partial charge in [0.15, 0.2) is 0 Å². The van der Waals surface area contributed by atoms with E-state index in [0.717, 1.165) is 18.1 Å². The van der Waals surface area contributed by atoms with Crippen LogP contribution < -0.4 is 5.32 Å². The lowest BCUT2D eigenvalue weighted by Crippen LogP contribution is -2.17. The summed E-state index contributed by atoms with van der Waals surface area (Å²) in [6.45, 7) is 9.63. The molecule has 0 fully saturated rings. The molecule has 1 unspecified atom stereocenters. The molecule has 0 aliphatic heterocycles. The molecular weight excluding hydrogens is 174 g/mol. The Bertz CT molecular complexity index is 284. The average molecular weight is 193 g/mol. The summed E-state index contributed by atoms with van der Waals surface area (Å²) in [5.41, 5.74) is 0.962. The van der Waals surface area contributed by atoms with E-state index in [1.807, 2.05) is 6.92 Å². The van der Waals surface area contributed by atoms with Gasteiger partial charge in [-0.15, -0.1) is 0 Å². The predicted molar refractivity (Wildman–Crippen MR) is 59.3 cm³/mol. The summed E-state index contributed by atoms with van der Waals surface area (Å²) < 4.78 is 0. The minimum atomic E-state index is 0.649. The van der Waals surface area contributed by atoms with Crippen molar-refractivity contribution in [2.75, 3.05) is 11.9 Å². The summed E-state index contributed by atoms with van der Waals surface area (Å²) >= 11 is 0. The summed E-state index contributed by atoms with van der Waals surface area (Å²) in [4.78, 5) is 8.41. The third-order valence-electron chi connectivity index (χ3n) is 2.61. The van der Waals surface area contributed by atoms with Gasteiger partial charge in [0.25, 0.3) is 0 Å². The Labute approximate surface area is 86.0 Å². The van der Waals surface area contributed by atoms with Crippen LogP contribution in [0.2, 0.25) is 0 Å². The quantitative estimate of drug-likeness (QED) is 0.798. The van der Waals surface area contributed by atoms with Crippen molar-refractivity contribution >= 4 is 5.82 Å². The molecule has 1 rings (SSSR count). The minimum Gasteiger partial charge on any atom is -0.368 e. The zero-order chi connectivity index (χ0) is 10.6. The maximum absolute atomic E-state index is 4.24. The molecule has 1 N–H and O–H groups in total. The Morgan fingerprint density at radius 2 is 1.86 bits per heavy atom. The Hall–Kier alpha value is -1.12. The highest BCUT2D eigenvalue weighted by atomic mass is 15.0. The van der Waals surface area contributed by atoms with E-state index in [0.29, 0.717) is 11.8 Å². The van der Waals surface area contributed by atoms with Crippen LogP contribution in [0, 0.1) is 18.8 Å². The lowest BCUT2D eigenvalue weighted by Gasteiger charge is -2.16. The van der Waals surface area contributed by atoms with Gasteiger partial charge in [0.05, 0.1) is 5.69 Å². The molecule has 14 heavy (non-hydrogen) atoms. The fraction of sp³-hybridized carbons (Fsp3) is 0.636. The van der Waals surface area contributed by atoms with Gasteiger partial charge in [-0.1, -0.05) is 20.8 Å². The van der Waals surface area contributed by atoms with Crippen LogP contribution in [0.15, 0.2) is 12.4 Å². The zero-order valence-corrected chi connectivity index (χ0v) is 9.41. The van der Waals surface area contributed by atoms with Gasteiger partial charge in [0, 0.05) is 18.9 Å². The van der Waals surface area contributed by atoms with E-state index >= 15 is 0 Å². The van der Waals surface area contributed by atoms with Crippen LogP contribution >= 0.6 is 0 Å². The van der Waals surface area contributed by atoms with E-state index in [-0.39, 0.29) is 0 Å². The van der Waals surface area contributed by atoms with Crippen LogP contribution in [0.1, 0.15) is 26.5 Å². The first-order valence-corrected chi connectivity index (χ1v) is 5.12.